The number of hydrogen-bond acceptors (Lipinski definition) is 5. The summed E-state index contributed by atoms with van der Waals surface area (Å²) in [5.41, 5.74) is 4.46. The molecule has 0 spiro atoms. The first kappa shape index (κ1) is 19.0. The molecule has 7 nitrogen and oxygen atoms in total. The zero-order valence-electron chi connectivity index (χ0n) is 16.7. The highest BCUT2D eigenvalue weighted by molar-refractivity contribution is 5.94. The summed E-state index contributed by atoms with van der Waals surface area (Å²) in [6.45, 7) is 3.04. The van der Waals surface area contributed by atoms with E-state index in [0.29, 0.717) is 30.3 Å². The third kappa shape index (κ3) is 3.69. The van der Waals surface area contributed by atoms with Gasteiger partial charge < -0.3 is 14.8 Å². The van der Waals surface area contributed by atoms with Crippen LogP contribution in [0, 0.1) is 6.92 Å². The Labute approximate surface area is 169 Å². The van der Waals surface area contributed by atoms with E-state index < -0.39 is 0 Å². The highest BCUT2D eigenvalue weighted by Crippen LogP contribution is 2.31. The smallest absolute Gasteiger partial charge is 0.269 e. The quantitative estimate of drug-likeness (QED) is 0.675. The molecule has 0 saturated carbocycles. The standard InChI is InChI=1S/C22H24N4O3/c1-14-7-9-15(10-8-14)17-11-18-22(27)24-13-20(26(18)25-17)23-12-16-5-4-6-19(28-2)21(16)29-3/h4-11,20,23H,12-13H2,1-3H3,(H,24,27)/t20-/m1/s1. The summed E-state index contributed by atoms with van der Waals surface area (Å²) in [4.78, 5) is 12.4. The largest absolute Gasteiger partial charge is 0.493 e. The van der Waals surface area contributed by atoms with Crippen LogP contribution in [-0.4, -0.2) is 36.5 Å². The zero-order chi connectivity index (χ0) is 20.4. The Bertz CT molecular complexity index is 1030. The number of hydrogen-bond donors (Lipinski definition) is 2. The van der Waals surface area contributed by atoms with E-state index in [4.69, 9.17) is 14.6 Å². The first-order valence-electron chi connectivity index (χ1n) is 9.48. The van der Waals surface area contributed by atoms with E-state index in [0.717, 1.165) is 16.8 Å². The highest BCUT2D eigenvalue weighted by atomic mass is 16.5. The summed E-state index contributed by atoms with van der Waals surface area (Å²) >= 11 is 0. The van der Waals surface area contributed by atoms with Gasteiger partial charge in [-0.15, -0.1) is 0 Å². The van der Waals surface area contributed by atoms with E-state index in [2.05, 4.69) is 10.6 Å². The molecule has 2 aromatic carbocycles. The predicted molar refractivity (Wildman–Crippen MR) is 110 cm³/mol. The number of ether oxygens (including phenoxy) is 2. The number of fused-ring (bicyclic) bond motifs is 1. The topological polar surface area (TPSA) is 77.4 Å². The van der Waals surface area contributed by atoms with Gasteiger partial charge in [-0.3, -0.25) is 10.1 Å². The van der Waals surface area contributed by atoms with Gasteiger partial charge in [0.15, 0.2) is 11.5 Å². The molecule has 1 aliphatic heterocycles. The lowest BCUT2D eigenvalue weighted by atomic mass is 10.1. The average molecular weight is 392 g/mol. The fourth-order valence-electron chi connectivity index (χ4n) is 3.51. The van der Waals surface area contributed by atoms with E-state index in [1.807, 2.05) is 55.5 Å². The lowest BCUT2D eigenvalue weighted by Crippen LogP contribution is -2.45. The second-order valence-corrected chi connectivity index (χ2v) is 6.98. The number of nitrogens with one attached hydrogen (secondary N) is 2. The molecule has 0 aliphatic carbocycles. The molecular weight excluding hydrogens is 368 g/mol. The first-order valence-corrected chi connectivity index (χ1v) is 9.48. The van der Waals surface area contributed by atoms with Crippen LogP contribution < -0.4 is 20.1 Å². The van der Waals surface area contributed by atoms with E-state index >= 15 is 0 Å². The number of amides is 1. The van der Waals surface area contributed by atoms with E-state index in [1.165, 1.54) is 5.56 Å². The van der Waals surface area contributed by atoms with Crippen molar-refractivity contribution in [2.45, 2.75) is 19.6 Å². The maximum Gasteiger partial charge on any atom is 0.269 e. The molecule has 29 heavy (non-hydrogen) atoms. The molecule has 1 aliphatic rings. The molecule has 2 N–H and O–H groups in total. The molecule has 0 fully saturated rings. The summed E-state index contributed by atoms with van der Waals surface area (Å²) in [5, 5.41) is 11.1. The Hall–Kier alpha value is -3.32. The summed E-state index contributed by atoms with van der Waals surface area (Å²) < 4.78 is 12.6. The number of nitrogens with zero attached hydrogens (tertiary/aromatic N) is 2. The van der Waals surface area contributed by atoms with Crippen molar-refractivity contribution in [1.82, 2.24) is 20.4 Å². The lowest BCUT2D eigenvalue weighted by molar-refractivity contribution is 0.0900. The van der Waals surface area contributed by atoms with Crippen molar-refractivity contribution in [3.63, 3.8) is 0 Å². The monoisotopic (exact) mass is 392 g/mol. The minimum atomic E-state index is -0.169. The van der Waals surface area contributed by atoms with Gasteiger partial charge in [0.05, 0.1) is 26.5 Å². The molecular formula is C22H24N4O3. The number of aromatic nitrogens is 2. The van der Waals surface area contributed by atoms with Crippen LogP contribution in [0.2, 0.25) is 0 Å². The number of para-hydroxylation sites is 1. The summed E-state index contributed by atoms with van der Waals surface area (Å²) in [5.74, 6) is 1.27. The fraction of sp³-hybridized carbons (Fsp3) is 0.273. The number of aryl methyl sites for hydroxylation is 1. The van der Waals surface area contributed by atoms with Crippen molar-refractivity contribution in [1.29, 1.82) is 0 Å². The molecule has 0 bridgehead atoms. The van der Waals surface area contributed by atoms with E-state index in [1.54, 1.807) is 18.9 Å². The van der Waals surface area contributed by atoms with Crippen molar-refractivity contribution in [3.8, 4) is 22.8 Å². The van der Waals surface area contributed by atoms with Crippen LogP contribution in [-0.2, 0) is 6.54 Å². The minimum Gasteiger partial charge on any atom is -0.493 e. The van der Waals surface area contributed by atoms with Gasteiger partial charge in [-0.2, -0.15) is 5.10 Å². The highest BCUT2D eigenvalue weighted by Gasteiger charge is 2.27. The Morgan fingerprint density at radius 1 is 1.17 bits per heavy atom. The van der Waals surface area contributed by atoms with Crippen molar-refractivity contribution >= 4 is 5.91 Å². The van der Waals surface area contributed by atoms with Crippen LogP contribution in [0.4, 0.5) is 0 Å². The molecule has 0 saturated heterocycles. The van der Waals surface area contributed by atoms with E-state index in [-0.39, 0.29) is 12.1 Å². The van der Waals surface area contributed by atoms with Gasteiger partial charge >= 0.3 is 0 Å². The van der Waals surface area contributed by atoms with Crippen LogP contribution >= 0.6 is 0 Å². The number of carbonyl (C=O) groups is 1. The Morgan fingerprint density at radius 2 is 1.97 bits per heavy atom. The van der Waals surface area contributed by atoms with E-state index in [9.17, 15) is 4.79 Å². The molecule has 2 heterocycles. The van der Waals surface area contributed by atoms with Gasteiger partial charge in [0, 0.05) is 17.7 Å². The molecule has 4 rings (SSSR count). The Kier molecular flexibility index (Phi) is 5.22. The van der Waals surface area contributed by atoms with Gasteiger partial charge in [-0.1, -0.05) is 42.0 Å². The number of rotatable bonds is 6. The van der Waals surface area contributed by atoms with Crippen LogP contribution in [0.25, 0.3) is 11.3 Å². The van der Waals surface area contributed by atoms with Crippen LogP contribution in [0.5, 0.6) is 11.5 Å². The summed E-state index contributed by atoms with van der Waals surface area (Å²) in [6, 6.07) is 15.7. The van der Waals surface area contributed by atoms with Crippen LogP contribution in [0.15, 0.2) is 48.5 Å². The fourth-order valence-corrected chi connectivity index (χ4v) is 3.51. The van der Waals surface area contributed by atoms with Crippen molar-refractivity contribution in [2.24, 2.45) is 0 Å². The molecule has 1 amide bonds. The Morgan fingerprint density at radius 3 is 2.69 bits per heavy atom. The summed E-state index contributed by atoms with van der Waals surface area (Å²) in [6.07, 6.45) is -0.169. The van der Waals surface area contributed by atoms with Gasteiger partial charge in [0.1, 0.15) is 11.9 Å². The third-order valence-corrected chi connectivity index (χ3v) is 5.08. The molecule has 3 aromatic rings. The molecule has 1 aromatic heterocycles. The Balaban J connectivity index is 1.59. The number of methoxy groups -OCH3 is 2. The van der Waals surface area contributed by atoms with Gasteiger partial charge in [0.25, 0.3) is 5.91 Å². The molecule has 150 valence electrons. The maximum atomic E-state index is 12.4. The average Bonchev–Trinajstić information content (AvgIpc) is 3.20. The van der Waals surface area contributed by atoms with Crippen molar-refractivity contribution in [3.05, 3.63) is 65.4 Å². The van der Waals surface area contributed by atoms with Crippen molar-refractivity contribution < 1.29 is 14.3 Å². The maximum absolute atomic E-state index is 12.4. The summed E-state index contributed by atoms with van der Waals surface area (Å²) in [7, 11) is 3.25. The minimum absolute atomic E-state index is 0.118. The lowest BCUT2D eigenvalue weighted by Gasteiger charge is -2.26. The predicted octanol–water partition coefficient (Wildman–Crippen LogP) is 2.91. The zero-order valence-corrected chi connectivity index (χ0v) is 16.7. The normalized spacial score (nSPS) is 15.6. The van der Waals surface area contributed by atoms with Gasteiger partial charge in [-0.25, -0.2) is 4.68 Å². The SMILES string of the molecule is COc1cccc(CN[C@H]2CNC(=O)c3cc(-c4ccc(C)cc4)nn32)c1OC. The first-order chi connectivity index (χ1) is 14.1. The molecule has 0 radical (unpaired) electrons. The number of benzene rings is 2. The van der Waals surface area contributed by atoms with Gasteiger partial charge in [-0.05, 0) is 19.1 Å². The molecule has 7 heteroatoms. The van der Waals surface area contributed by atoms with Crippen molar-refractivity contribution in [2.75, 3.05) is 20.8 Å². The second kappa shape index (κ2) is 7.97. The number of carbonyl (C=O) groups excluding carboxylic acids is 1. The second-order valence-electron chi connectivity index (χ2n) is 6.98. The van der Waals surface area contributed by atoms with Crippen LogP contribution in [0.3, 0.4) is 0 Å². The molecule has 0 unspecified atom stereocenters. The van der Waals surface area contributed by atoms with Gasteiger partial charge in [0.2, 0.25) is 0 Å². The van der Waals surface area contributed by atoms with Crippen LogP contribution in [0.1, 0.15) is 27.8 Å². The third-order valence-electron chi connectivity index (χ3n) is 5.08. The molecule has 1 atom stereocenters.